The van der Waals surface area contributed by atoms with Crippen LogP contribution in [0.3, 0.4) is 0 Å². The number of benzene rings is 6. The molecule has 7 rings (SSSR count). The lowest BCUT2D eigenvalue weighted by Gasteiger charge is -2.20. The van der Waals surface area contributed by atoms with Gasteiger partial charge in [-0.15, -0.1) is 0 Å². The van der Waals surface area contributed by atoms with Crippen molar-refractivity contribution in [2.45, 2.75) is 4.90 Å². The van der Waals surface area contributed by atoms with E-state index in [1.54, 1.807) is 12.1 Å². The molecule has 0 fully saturated rings. The molecule has 0 spiro atoms. The highest BCUT2D eigenvalue weighted by molar-refractivity contribution is 7.98. The van der Waals surface area contributed by atoms with Gasteiger partial charge < -0.3 is 0 Å². The molecule has 1 aliphatic carbocycles. The molecule has 0 N–H and O–H groups in total. The Bertz CT molecular complexity index is 2190. The van der Waals surface area contributed by atoms with Crippen LogP contribution < -0.4 is 0 Å². The number of hydrogen-bond donors (Lipinski definition) is 0. The zero-order valence-corrected chi connectivity index (χ0v) is 26.6. The molecule has 6 aromatic rings. The first-order chi connectivity index (χ1) is 23.6. The van der Waals surface area contributed by atoms with E-state index in [-0.39, 0.29) is 5.69 Å². The van der Waals surface area contributed by atoms with Crippen LogP contribution in [0.25, 0.3) is 33.4 Å². The predicted octanol–water partition coefficient (Wildman–Crippen LogP) is 11.3. The van der Waals surface area contributed by atoms with Gasteiger partial charge in [-0.2, -0.15) is 0 Å². The first kappa shape index (κ1) is 30.5. The second-order valence-corrected chi connectivity index (χ2v) is 12.0. The molecule has 5 nitrogen and oxygen atoms in total. The maximum absolute atomic E-state index is 11.3. The van der Waals surface area contributed by atoms with E-state index in [9.17, 15) is 10.1 Å². The maximum Gasteiger partial charge on any atom is 0.269 e. The van der Waals surface area contributed by atoms with Gasteiger partial charge in [-0.25, -0.2) is 9.39 Å². The van der Waals surface area contributed by atoms with E-state index in [1.807, 2.05) is 72.8 Å². The minimum Gasteiger partial charge on any atom is -0.258 e. The fraction of sp³-hybridized carbons (Fsp3) is 0. The molecule has 0 bridgehead atoms. The highest BCUT2D eigenvalue weighted by Gasteiger charge is 2.23. The van der Waals surface area contributed by atoms with E-state index >= 15 is 0 Å². The molecule has 1 aliphatic rings. The number of nitro groups is 1. The van der Waals surface area contributed by atoms with Crippen LogP contribution >= 0.6 is 11.9 Å². The Balaban J connectivity index is 1.42. The quantitative estimate of drug-likeness (QED) is 0.0720. The van der Waals surface area contributed by atoms with Crippen molar-refractivity contribution in [1.29, 1.82) is 0 Å². The van der Waals surface area contributed by atoms with Crippen molar-refractivity contribution in [2.75, 3.05) is 0 Å². The largest absolute Gasteiger partial charge is 0.269 e. The van der Waals surface area contributed by atoms with Crippen LogP contribution in [-0.2, 0) is 0 Å². The summed E-state index contributed by atoms with van der Waals surface area (Å²) in [5, 5.41) is 11.3. The van der Waals surface area contributed by atoms with Crippen molar-refractivity contribution in [3.05, 3.63) is 197 Å². The van der Waals surface area contributed by atoms with Crippen LogP contribution in [0.15, 0.2) is 190 Å². The van der Waals surface area contributed by atoms with Crippen molar-refractivity contribution in [3.63, 3.8) is 0 Å². The number of nitrogens with zero attached hydrogens (tertiary/aromatic N) is 3. The molecule has 6 heteroatoms. The average Bonchev–Trinajstić information content (AvgIpc) is 3.16. The van der Waals surface area contributed by atoms with Gasteiger partial charge in [0.25, 0.3) is 5.69 Å². The lowest BCUT2D eigenvalue weighted by atomic mass is 9.88. The second-order valence-electron chi connectivity index (χ2n) is 11.1. The Hall–Kier alpha value is -6.11. The highest BCUT2D eigenvalue weighted by Crippen LogP contribution is 2.37. The van der Waals surface area contributed by atoms with Crippen LogP contribution in [0.2, 0.25) is 0 Å². The Labute approximate surface area is 283 Å². The minimum absolute atomic E-state index is 0.0413. The molecule has 0 aliphatic heterocycles. The van der Waals surface area contributed by atoms with Gasteiger partial charge in [0.05, 0.1) is 16.3 Å². The third-order valence-corrected chi connectivity index (χ3v) is 8.76. The van der Waals surface area contributed by atoms with Gasteiger partial charge in [-0.1, -0.05) is 127 Å². The summed E-state index contributed by atoms with van der Waals surface area (Å²) in [5.41, 5.74) is 10.7. The topological polar surface area (TPSA) is 67.9 Å². The standard InChI is InChI=1S/C42H29N3O2S/c46-45(47)36-22-24-37(25-23-36)48-44-42-39(33-19-11-4-12-20-33)28-35(31-15-7-2-8-16-31)29-41(42)43-40-26-21-34(30-13-5-1-6-14-30)27-38(40)32-17-9-3-10-18-32/h1-29H/b43-41?,44-42+. The van der Waals surface area contributed by atoms with Gasteiger partial charge in [-0.3, -0.25) is 10.1 Å². The van der Waals surface area contributed by atoms with Crippen molar-refractivity contribution in [3.8, 4) is 22.3 Å². The average molecular weight is 640 g/mol. The smallest absolute Gasteiger partial charge is 0.258 e. The van der Waals surface area contributed by atoms with Crippen LogP contribution in [0.4, 0.5) is 11.4 Å². The minimum atomic E-state index is -0.397. The Morgan fingerprint density at radius 3 is 1.71 bits per heavy atom. The van der Waals surface area contributed by atoms with Crippen LogP contribution in [0.5, 0.6) is 0 Å². The van der Waals surface area contributed by atoms with Crippen molar-refractivity contribution >= 4 is 45.9 Å². The summed E-state index contributed by atoms with van der Waals surface area (Å²) in [6.07, 6.45) is 4.26. The number of non-ortho nitro benzene ring substituents is 1. The molecule has 0 radical (unpaired) electrons. The molecule has 48 heavy (non-hydrogen) atoms. The number of hydrogen-bond acceptors (Lipinski definition) is 5. The zero-order valence-electron chi connectivity index (χ0n) is 25.8. The van der Waals surface area contributed by atoms with Crippen LogP contribution in [-0.4, -0.2) is 16.3 Å². The van der Waals surface area contributed by atoms with E-state index in [0.717, 1.165) is 60.8 Å². The zero-order chi connectivity index (χ0) is 32.7. The van der Waals surface area contributed by atoms with E-state index in [1.165, 1.54) is 24.1 Å². The lowest BCUT2D eigenvalue weighted by molar-refractivity contribution is -0.384. The Morgan fingerprint density at radius 2 is 1.10 bits per heavy atom. The van der Waals surface area contributed by atoms with Gasteiger partial charge in [0.2, 0.25) is 0 Å². The molecular formula is C42H29N3O2S. The number of allylic oxidation sites excluding steroid dienone is 4. The van der Waals surface area contributed by atoms with Gasteiger partial charge in [0.1, 0.15) is 5.71 Å². The van der Waals surface area contributed by atoms with Crippen molar-refractivity contribution in [1.82, 2.24) is 0 Å². The van der Waals surface area contributed by atoms with Crippen LogP contribution in [0.1, 0.15) is 11.1 Å². The molecule has 0 saturated heterocycles. The van der Waals surface area contributed by atoms with E-state index in [2.05, 4.69) is 78.9 Å². The lowest BCUT2D eigenvalue weighted by Crippen LogP contribution is -2.18. The molecular weight excluding hydrogens is 611 g/mol. The van der Waals surface area contributed by atoms with Crippen molar-refractivity contribution in [2.24, 2.45) is 9.39 Å². The summed E-state index contributed by atoms with van der Waals surface area (Å²) in [5.74, 6) is 0. The fourth-order valence-corrected chi connectivity index (χ4v) is 6.23. The summed E-state index contributed by atoms with van der Waals surface area (Å²) in [4.78, 5) is 17.0. The summed E-state index contributed by atoms with van der Waals surface area (Å²) in [6, 6.07) is 54.0. The molecule has 0 heterocycles. The number of aliphatic imine (C=N–C) groups is 1. The molecule has 0 saturated carbocycles. The summed E-state index contributed by atoms with van der Waals surface area (Å²) in [7, 11) is 0. The Morgan fingerprint density at radius 1 is 0.542 bits per heavy atom. The fourth-order valence-electron chi connectivity index (χ4n) is 5.58. The second kappa shape index (κ2) is 14.1. The van der Waals surface area contributed by atoms with E-state index in [0.29, 0.717) is 5.71 Å². The molecule has 230 valence electrons. The van der Waals surface area contributed by atoms with Crippen molar-refractivity contribution < 1.29 is 4.92 Å². The summed E-state index contributed by atoms with van der Waals surface area (Å²) >= 11 is 1.27. The highest BCUT2D eigenvalue weighted by atomic mass is 32.2. The molecule has 6 aromatic carbocycles. The first-order valence-electron chi connectivity index (χ1n) is 15.5. The van der Waals surface area contributed by atoms with Gasteiger partial charge >= 0.3 is 0 Å². The Kier molecular flexibility index (Phi) is 8.98. The molecule has 0 atom stereocenters. The molecule has 0 amide bonds. The number of nitro benzene ring substituents is 1. The van der Waals surface area contributed by atoms with E-state index < -0.39 is 4.92 Å². The maximum atomic E-state index is 11.3. The first-order valence-corrected chi connectivity index (χ1v) is 16.3. The third-order valence-electron chi connectivity index (χ3n) is 8.00. The molecule has 0 unspecified atom stereocenters. The van der Waals surface area contributed by atoms with Gasteiger partial charge in [-0.05, 0) is 69.8 Å². The van der Waals surface area contributed by atoms with Gasteiger partial charge in [0.15, 0.2) is 0 Å². The number of rotatable bonds is 8. The third kappa shape index (κ3) is 6.84. The molecule has 0 aromatic heterocycles. The SMILES string of the molecule is O=[N+]([O-])c1ccc(S/N=C2\C(c3ccccc3)=CC(c3ccccc3)=CC2=Nc2ccc(-c3ccccc3)cc2-c2ccccc2)cc1. The van der Waals surface area contributed by atoms with E-state index in [4.69, 9.17) is 9.39 Å². The normalized spacial score (nSPS) is 14.4. The van der Waals surface area contributed by atoms with Gasteiger partial charge in [0, 0.05) is 40.1 Å². The predicted molar refractivity (Wildman–Crippen MR) is 200 cm³/mol. The van der Waals surface area contributed by atoms with Crippen LogP contribution in [0, 0.1) is 10.1 Å². The summed E-state index contributed by atoms with van der Waals surface area (Å²) < 4.78 is 5.08. The summed E-state index contributed by atoms with van der Waals surface area (Å²) in [6.45, 7) is 0. The monoisotopic (exact) mass is 639 g/mol.